The van der Waals surface area contributed by atoms with E-state index in [1.807, 2.05) is 47.4 Å². The van der Waals surface area contributed by atoms with Crippen LogP contribution in [0.5, 0.6) is 5.75 Å². The van der Waals surface area contributed by atoms with Crippen molar-refractivity contribution in [2.75, 3.05) is 93.2 Å². The van der Waals surface area contributed by atoms with E-state index < -0.39 is 36.8 Å². The van der Waals surface area contributed by atoms with Gasteiger partial charge in [0.25, 0.3) is 11.8 Å². The molecule has 19 heteroatoms. The molecule has 0 aliphatic carbocycles. The van der Waals surface area contributed by atoms with Crippen LogP contribution in [0.15, 0.2) is 66.9 Å². The van der Waals surface area contributed by atoms with Crippen LogP contribution in [0.25, 0.3) is 0 Å². The van der Waals surface area contributed by atoms with Crippen molar-refractivity contribution in [3.8, 4) is 5.75 Å². The monoisotopic (exact) mass is 936 g/mol. The number of imide groups is 2. The van der Waals surface area contributed by atoms with Gasteiger partial charge in [0.15, 0.2) is 5.82 Å². The number of nitrogens with one attached hydrogen (secondary N) is 3. The number of benzene rings is 3. The summed E-state index contributed by atoms with van der Waals surface area (Å²) in [6, 6.07) is 18.1. The average molecular weight is 937 g/mol. The minimum atomic E-state index is -2.56. The molecule has 5 amide bonds. The smallest absolute Gasteiger partial charge is 0.262 e. The Labute approximate surface area is 388 Å². The van der Waals surface area contributed by atoms with E-state index in [2.05, 4.69) is 46.7 Å². The maximum atomic E-state index is 13.8. The normalized spacial score (nSPS) is 20.1. The first kappa shape index (κ1) is 45.1. The number of piperazine rings is 1. The Morgan fingerprint density at radius 2 is 1.45 bits per heavy atom. The third-order valence-corrected chi connectivity index (χ3v) is 15.3. The van der Waals surface area contributed by atoms with Gasteiger partial charge in [-0.3, -0.25) is 39.1 Å². The van der Waals surface area contributed by atoms with Gasteiger partial charge in [-0.05, 0) is 87.9 Å². The van der Waals surface area contributed by atoms with Gasteiger partial charge in [0.1, 0.15) is 24.0 Å². The number of halogens is 1. The van der Waals surface area contributed by atoms with Crippen LogP contribution in [-0.4, -0.2) is 139 Å². The molecule has 6 heterocycles. The van der Waals surface area contributed by atoms with Gasteiger partial charge in [-0.1, -0.05) is 23.7 Å². The highest BCUT2D eigenvalue weighted by molar-refractivity contribution is 7.70. The van der Waals surface area contributed by atoms with E-state index in [-0.39, 0.29) is 35.8 Å². The highest BCUT2D eigenvalue weighted by Crippen LogP contribution is 2.40. The predicted molar refractivity (Wildman–Crippen MR) is 254 cm³/mol. The fourth-order valence-corrected chi connectivity index (χ4v) is 11.2. The quantitative estimate of drug-likeness (QED) is 0.130. The van der Waals surface area contributed by atoms with Crippen molar-refractivity contribution >= 4 is 88.1 Å². The van der Waals surface area contributed by atoms with Crippen molar-refractivity contribution in [3.05, 3.63) is 83.0 Å². The zero-order valence-corrected chi connectivity index (χ0v) is 38.9. The highest BCUT2D eigenvalue weighted by Gasteiger charge is 2.45. The van der Waals surface area contributed by atoms with Crippen molar-refractivity contribution in [1.29, 1.82) is 0 Å². The standard InChI is InChI=1S/C47H54ClN10O7P/c1-65-39-27-32(9-11-36(39)51-47-49-28-35(48)42(53-47)50-37-6-4-5-7-40(37)66(2,3)64)55-20-16-30(17-21-55)56-22-24-57(25-23-56)44(61)29-14-18-54(19-15-29)31-8-10-33-34(26-31)46(63)58(45(33)62)38-12-13-41(59)52-43(38)60/h4-11,26-30,38H,12-25H2,1-3H3,(H,52,59,60)(H2,49,50,51,53). The SMILES string of the molecule is COc1cc(N2CCC(N3CCN(C(=O)C4CCN(c5ccc6c(c5)C(=O)N(C5CCC(=O)NC5=O)C6=O)CC4)CC3)CC2)ccc1Nc1ncc(Cl)c(Nc2ccccc2P(C)(C)=O)n1. The van der Waals surface area contributed by atoms with Gasteiger partial charge in [-0.15, -0.1) is 0 Å². The number of hydrogen-bond donors (Lipinski definition) is 3. The number of carbonyl (C=O) groups excluding carboxylic acids is 5. The molecule has 66 heavy (non-hydrogen) atoms. The topological polar surface area (TPSA) is 190 Å². The lowest BCUT2D eigenvalue weighted by atomic mass is 9.94. The number of amides is 5. The maximum Gasteiger partial charge on any atom is 0.262 e. The molecule has 346 valence electrons. The van der Waals surface area contributed by atoms with Crippen molar-refractivity contribution in [2.45, 2.75) is 50.6 Å². The number of fused-ring (bicyclic) bond motifs is 1. The second-order valence-electron chi connectivity index (χ2n) is 17.9. The molecular formula is C47H54ClN10O7P. The fourth-order valence-electron chi connectivity index (χ4n) is 9.89. The Morgan fingerprint density at radius 3 is 2.15 bits per heavy atom. The molecular weight excluding hydrogens is 883 g/mol. The molecule has 3 aromatic carbocycles. The molecule has 0 spiro atoms. The summed E-state index contributed by atoms with van der Waals surface area (Å²) in [4.78, 5) is 83.5. The van der Waals surface area contributed by atoms with Gasteiger partial charge in [-0.2, -0.15) is 4.98 Å². The van der Waals surface area contributed by atoms with Crippen LogP contribution in [0.2, 0.25) is 5.02 Å². The summed E-state index contributed by atoms with van der Waals surface area (Å²) in [5.41, 5.74) is 3.75. The van der Waals surface area contributed by atoms with Crippen LogP contribution in [0.4, 0.5) is 34.5 Å². The molecule has 4 saturated heterocycles. The van der Waals surface area contributed by atoms with Crippen LogP contribution in [0.1, 0.15) is 59.2 Å². The van der Waals surface area contributed by atoms with E-state index in [1.165, 1.54) is 6.20 Å². The lowest BCUT2D eigenvalue weighted by Crippen LogP contribution is -2.55. The van der Waals surface area contributed by atoms with Gasteiger partial charge < -0.3 is 34.6 Å². The van der Waals surface area contributed by atoms with Crippen LogP contribution < -0.4 is 35.8 Å². The third kappa shape index (κ3) is 9.20. The molecule has 5 aliphatic rings. The Kier molecular flexibility index (Phi) is 12.8. The molecule has 1 unspecified atom stereocenters. The Morgan fingerprint density at radius 1 is 0.788 bits per heavy atom. The van der Waals surface area contributed by atoms with E-state index in [0.717, 1.165) is 55.3 Å². The molecule has 5 aliphatic heterocycles. The van der Waals surface area contributed by atoms with Crippen molar-refractivity contribution < 1.29 is 33.3 Å². The summed E-state index contributed by atoms with van der Waals surface area (Å²) in [6.45, 7) is 9.63. The Balaban J connectivity index is 0.737. The number of ether oxygens (including phenoxy) is 1. The number of aromatic nitrogens is 2. The molecule has 0 saturated carbocycles. The molecule has 9 rings (SSSR count). The number of rotatable bonds is 11. The number of methoxy groups -OCH3 is 1. The lowest BCUT2D eigenvalue weighted by molar-refractivity contribution is -0.138. The Hall–Kier alpha value is -6.03. The number of nitrogens with zero attached hydrogens (tertiary/aromatic N) is 7. The van der Waals surface area contributed by atoms with E-state index in [4.69, 9.17) is 16.3 Å². The zero-order valence-electron chi connectivity index (χ0n) is 37.3. The number of anilines is 6. The summed E-state index contributed by atoms with van der Waals surface area (Å²) in [6.07, 6.45) is 5.10. The minimum Gasteiger partial charge on any atom is -0.494 e. The van der Waals surface area contributed by atoms with Crippen LogP contribution in [0.3, 0.4) is 0 Å². The minimum absolute atomic E-state index is 0.0699. The summed E-state index contributed by atoms with van der Waals surface area (Å²) in [5, 5.41) is 9.78. The van der Waals surface area contributed by atoms with E-state index in [9.17, 15) is 28.5 Å². The van der Waals surface area contributed by atoms with Gasteiger partial charge in [0.05, 0.1) is 35.8 Å². The summed E-state index contributed by atoms with van der Waals surface area (Å²) < 4.78 is 18.7. The molecule has 1 atom stereocenters. The molecule has 3 N–H and O–H groups in total. The largest absolute Gasteiger partial charge is 0.494 e. The van der Waals surface area contributed by atoms with Gasteiger partial charge in [0.2, 0.25) is 23.7 Å². The zero-order chi connectivity index (χ0) is 46.3. The second kappa shape index (κ2) is 18.7. The molecule has 0 bridgehead atoms. The molecule has 4 fully saturated rings. The molecule has 4 aromatic rings. The number of carbonyl (C=O) groups is 5. The summed E-state index contributed by atoms with van der Waals surface area (Å²) >= 11 is 6.49. The van der Waals surface area contributed by atoms with Gasteiger partial charge in [0, 0.05) is 93.5 Å². The van der Waals surface area contributed by atoms with Crippen LogP contribution >= 0.6 is 18.7 Å². The van der Waals surface area contributed by atoms with Gasteiger partial charge in [-0.25, -0.2) is 4.98 Å². The number of piperidine rings is 3. The van der Waals surface area contributed by atoms with Crippen LogP contribution in [0, 0.1) is 5.92 Å². The molecule has 0 radical (unpaired) electrons. The maximum absolute atomic E-state index is 13.8. The first-order valence-electron chi connectivity index (χ1n) is 22.5. The average Bonchev–Trinajstić information content (AvgIpc) is 3.57. The molecule has 17 nitrogen and oxygen atoms in total. The first-order chi connectivity index (χ1) is 31.7. The van der Waals surface area contributed by atoms with Crippen molar-refractivity contribution in [3.63, 3.8) is 0 Å². The lowest BCUT2D eigenvalue weighted by Gasteiger charge is -2.44. The summed E-state index contributed by atoms with van der Waals surface area (Å²) in [5.74, 6) is -0.595. The van der Waals surface area contributed by atoms with E-state index >= 15 is 0 Å². The first-order valence-corrected chi connectivity index (χ1v) is 25.5. The third-order valence-electron chi connectivity index (χ3n) is 13.5. The Bertz CT molecular complexity index is 2620. The van der Waals surface area contributed by atoms with Crippen molar-refractivity contribution in [2.24, 2.45) is 5.92 Å². The predicted octanol–water partition coefficient (Wildman–Crippen LogP) is 5.30. The fraction of sp³-hybridized carbons (Fsp3) is 0.426. The summed E-state index contributed by atoms with van der Waals surface area (Å²) in [7, 11) is -0.929. The number of para-hydroxylation sites is 1. The van der Waals surface area contributed by atoms with E-state index in [1.54, 1.807) is 32.6 Å². The van der Waals surface area contributed by atoms with E-state index in [0.29, 0.717) is 84.3 Å². The van der Waals surface area contributed by atoms with Gasteiger partial charge >= 0.3 is 0 Å². The molecule has 1 aromatic heterocycles. The second-order valence-corrected chi connectivity index (χ2v) is 21.5. The number of hydrogen-bond acceptors (Lipinski definition) is 14. The highest BCUT2D eigenvalue weighted by atomic mass is 35.5. The van der Waals surface area contributed by atoms with Crippen LogP contribution in [-0.2, 0) is 18.9 Å². The van der Waals surface area contributed by atoms with Crippen molar-refractivity contribution in [1.82, 2.24) is 30.0 Å².